The molecule has 6 heteroatoms. The molecular formula is C18H23NO4S. The van der Waals surface area contributed by atoms with E-state index < -0.39 is 10.0 Å². The third-order valence-electron chi connectivity index (χ3n) is 3.54. The predicted molar refractivity (Wildman–Crippen MR) is 94.1 cm³/mol. The fourth-order valence-electron chi connectivity index (χ4n) is 2.10. The molecule has 0 radical (unpaired) electrons. The van der Waals surface area contributed by atoms with E-state index in [-0.39, 0.29) is 18.0 Å². The lowest BCUT2D eigenvalue weighted by Crippen LogP contribution is -2.31. The second-order valence-corrected chi connectivity index (χ2v) is 7.44. The minimum absolute atomic E-state index is 0.267. The zero-order chi connectivity index (χ0) is 17.6. The first-order valence-electron chi connectivity index (χ1n) is 7.82. The van der Waals surface area contributed by atoms with Crippen LogP contribution >= 0.6 is 0 Å². The van der Waals surface area contributed by atoms with Crippen molar-refractivity contribution < 1.29 is 17.9 Å². The van der Waals surface area contributed by atoms with E-state index in [1.165, 1.54) is 4.31 Å². The van der Waals surface area contributed by atoms with Gasteiger partial charge in [-0.25, -0.2) is 8.42 Å². The Hall–Kier alpha value is -2.05. The van der Waals surface area contributed by atoms with Crippen molar-refractivity contribution in [1.29, 1.82) is 0 Å². The van der Waals surface area contributed by atoms with Crippen LogP contribution in [0.15, 0.2) is 53.4 Å². The molecule has 0 aromatic heterocycles. The van der Waals surface area contributed by atoms with Gasteiger partial charge in [0, 0.05) is 13.6 Å². The van der Waals surface area contributed by atoms with E-state index in [0.29, 0.717) is 12.4 Å². The number of hydrogen-bond acceptors (Lipinski definition) is 4. The fraction of sp³-hybridized carbons (Fsp3) is 0.333. The van der Waals surface area contributed by atoms with Crippen molar-refractivity contribution in [3.8, 4) is 11.5 Å². The smallest absolute Gasteiger partial charge is 0.242 e. The zero-order valence-electron chi connectivity index (χ0n) is 14.2. The van der Waals surface area contributed by atoms with Crippen LogP contribution in [0.3, 0.4) is 0 Å². The molecular weight excluding hydrogens is 326 g/mol. The number of aryl methyl sites for hydroxylation is 1. The molecule has 0 aliphatic carbocycles. The molecule has 0 aliphatic heterocycles. The van der Waals surface area contributed by atoms with Crippen molar-refractivity contribution >= 4 is 10.0 Å². The van der Waals surface area contributed by atoms with E-state index in [9.17, 15) is 8.42 Å². The van der Waals surface area contributed by atoms with Gasteiger partial charge in [-0.3, -0.25) is 0 Å². The predicted octanol–water partition coefficient (Wildman–Crippen LogP) is 3.09. The molecule has 0 unspecified atom stereocenters. The Balaban J connectivity index is 1.90. The molecule has 2 rings (SSSR count). The number of rotatable bonds is 8. The molecule has 0 fully saturated rings. The minimum Gasteiger partial charge on any atom is -0.494 e. The Labute approximate surface area is 143 Å². The first-order valence-corrected chi connectivity index (χ1v) is 9.26. The Bertz CT molecular complexity index is 740. The molecule has 0 aliphatic rings. The standard InChI is InChI=1S/C18H23NO4S/c1-4-22-16-7-9-17(10-8-16)23-14-13-19(3)24(20,21)18-11-5-15(2)6-12-18/h5-12H,4,13-14H2,1-3H3. The molecule has 0 N–H and O–H groups in total. The molecule has 130 valence electrons. The maximum Gasteiger partial charge on any atom is 0.242 e. The van der Waals surface area contributed by atoms with Crippen molar-refractivity contribution in [2.24, 2.45) is 0 Å². The van der Waals surface area contributed by atoms with Crippen molar-refractivity contribution in [2.75, 3.05) is 26.8 Å². The summed E-state index contributed by atoms with van der Waals surface area (Å²) < 4.78 is 37.2. The Kier molecular flexibility index (Phi) is 6.23. The third-order valence-corrected chi connectivity index (χ3v) is 5.41. The van der Waals surface area contributed by atoms with E-state index in [2.05, 4.69) is 0 Å². The molecule has 0 amide bonds. The highest BCUT2D eigenvalue weighted by Gasteiger charge is 2.20. The van der Waals surface area contributed by atoms with E-state index >= 15 is 0 Å². The quantitative estimate of drug-likeness (QED) is 0.735. The van der Waals surface area contributed by atoms with Crippen LogP contribution < -0.4 is 9.47 Å². The van der Waals surface area contributed by atoms with Gasteiger partial charge < -0.3 is 9.47 Å². The largest absolute Gasteiger partial charge is 0.494 e. The minimum atomic E-state index is -3.49. The maximum atomic E-state index is 12.5. The summed E-state index contributed by atoms with van der Waals surface area (Å²) in [6.45, 7) is 5.00. The van der Waals surface area contributed by atoms with Gasteiger partial charge in [0.25, 0.3) is 0 Å². The summed E-state index contributed by atoms with van der Waals surface area (Å²) in [5.74, 6) is 1.46. The van der Waals surface area contributed by atoms with E-state index in [1.807, 2.05) is 26.0 Å². The van der Waals surface area contributed by atoms with Crippen LogP contribution in [0.25, 0.3) is 0 Å². The van der Waals surface area contributed by atoms with E-state index in [0.717, 1.165) is 11.3 Å². The van der Waals surface area contributed by atoms with Crippen LogP contribution in [-0.2, 0) is 10.0 Å². The van der Waals surface area contributed by atoms with Gasteiger partial charge in [0.15, 0.2) is 0 Å². The van der Waals surface area contributed by atoms with Crippen LogP contribution in [0.1, 0.15) is 12.5 Å². The van der Waals surface area contributed by atoms with Crippen LogP contribution in [0.5, 0.6) is 11.5 Å². The van der Waals surface area contributed by atoms with Gasteiger partial charge in [0.05, 0.1) is 11.5 Å². The van der Waals surface area contributed by atoms with Gasteiger partial charge in [-0.05, 0) is 50.2 Å². The van der Waals surface area contributed by atoms with Crippen molar-refractivity contribution in [3.05, 3.63) is 54.1 Å². The summed E-state index contributed by atoms with van der Waals surface area (Å²) in [4.78, 5) is 0.289. The first-order chi connectivity index (χ1) is 11.4. The van der Waals surface area contributed by atoms with Crippen LogP contribution in [-0.4, -0.2) is 39.5 Å². The second kappa shape index (κ2) is 8.17. The van der Waals surface area contributed by atoms with E-state index in [4.69, 9.17) is 9.47 Å². The lowest BCUT2D eigenvalue weighted by atomic mass is 10.2. The fourth-order valence-corrected chi connectivity index (χ4v) is 3.26. The Morgan fingerprint density at radius 2 is 1.46 bits per heavy atom. The lowest BCUT2D eigenvalue weighted by Gasteiger charge is -2.17. The van der Waals surface area contributed by atoms with Gasteiger partial charge in [-0.1, -0.05) is 17.7 Å². The van der Waals surface area contributed by atoms with Crippen LogP contribution in [0, 0.1) is 6.92 Å². The summed E-state index contributed by atoms with van der Waals surface area (Å²) in [5.41, 5.74) is 1.02. The number of sulfonamides is 1. The molecule has 0 saturated carbocycles. The molecule has 0 atom stereocenters. The SMILES string of the molecule is CCOc1ccc(OCCN(C)S(=O)(=O)c2ccc(C)cc2)cc1. The van der Waals surface area contributed by atoms with Gasteiger partial charge in [0.1, 0.15) is 18.1 Å². The van der Waals surface area contributed by atoms with Gasteiger partial charge in [-0.15, -0.1) is 0 Å². The summed E-state index contributed by atoms with van der Waals surface area (Å²) in [7, 11) is -1.94. The molecule has 0 saturated heterocycles. The lowest BCUT2D eigenvalue weighted by molar-refractivity contribution is 0.286. The topological polar surface area (TPSA) is 55.8 Å². The van der Waals surface area contributed by atoms with E-state index in [1.54, 1.807) is 43.4 Å². The molecule has 5 nitrogen and oxygen atoms in total. The van der Waals surface area contributed by atoms with Gasteiger partial charge in [0.2, 0.25) is 10.0 Å². The molecule has 24 heavy (non-hydrogen) atoms. The molecule has 0 heterocycles. The summed E-state index contributed by atoms with van der Waals surface area (Å²) in [6, 6.07) is 14.1. The molecule has 0 bridgehead atoms. The number of benzene rings is 2. The summed E-state index contributed by atoms with van der Waals surface area (Å²) in [6.07, 6.45) is 0. The van der Waals surface area contributed by atoms with Crippen LogP contribution in [0.4, 0.5) is 0 Å². The first kappa shape index (κ1) is 18.3. The van der Waals surface area contributed by atoms with Gasteiger partial charge >= 0.3 is 0 Å². The molecule has 2 aromatic rings. The zero-order valence-corrected chi connectivity index (χ0v) is 15.0. The highest BCUT2D eigenvalue weighted by atomic mass is 32.2. The second-order valence-electron chi connectivity index (χ2n) is 5.39. The highest BCUT2D eigenvalue weighted by Crippen LogP contribution is 2.18. The monoisotopic (exact) mass is 349 g/mol. The Morgan fingerprint density at radius 3 is 2.00 bits per heavy atom. The normalized spacial score (nSPS) is 11.5. The third kappa shape index (κ3) is 4.72. The summed E-state index contributed by atoms with van der Waals surface area (Å²) in [5, 5.41) is 0. The van der Waals surface area contributed by atoms with Crippen molar-refractivity contribution in [2.45, 2.75) is 18.7 Å². The highest BCUT2D eigenvalue weighted by molar-refractivity contribution is 7.89. The molecule has 2 aromatic carbocycles. The number of ether oxygens (including phenoxy) is 2. The average Bonchev–Trinajstić information content (AvgIpc) is 2.57. The average molecular weight is 349 g/mol. The maximum absolute atomic E-state index is 12.5. The summed E-state index contributed by atoms with van der Waals surface area (Å²) >= 11 is 0. The molecule has 0 spiro atoms. The van der Waals surface area contributed by atoms with Crippen LogP contribution in [0.2, 0.25) is 0 Å². The number of likely N-dealkylation sites (N-methyl/N-ethyl adjacent to an activating group) is 1. The van der Waals surface area contributed by atoms with Crippen molar-refractivity contribution in [3.63, 3.8) is 0 Å². The number of nitrogens with zero attached hydrogens (tertiary/aromatic N) is 1. The Morgan fingerprint density at radius 1 is 0.917 bits per heavy atom. The van der Waals surface area contributed by atoms with Gasteiger partial charge in [-0.2, -0.15) is 4.31 Å². The van der Waals surface area contributed by atoms with Crippen molar-refractivity contribution in [1.82, 2.24) is 4.31 Å². The number of hydrogen-bond donors (Lipinski definition) is 0.